The lowest BCUT2D eigenvalue weighted by atomic mass is 9.97. The molecule has 1 fully saturated rings. The predicted molar refractivity (Wildman–Crippen MR) is 86.6 cm³/mol. The fraction of sp³-hybridized carbons (Fsp3) is 0.357. The van der Waals surface area contributed by atoms with Gasteiger partial charge in [-0.15, -0.1) is 11.3 Å². The molecule has 2 aromatic heterocycles. The summed E-state index contributed by atoms with van der Waals surface area (Å²) in [7, 11) is 0. The zero-order valence-corrected chi connectivity index (χ0v) is 13.0. The van der Waals surface area contributed by atoms with E-state index in [-0.39, 0.29) is 17.5 Å². The highest BCUT2D eigenvalue weighted by atomic mass is 32.1. The summed E-state index contributed by atoms with van der Waals surface area (Å²) < 4.78 is 0. The first-order chi connectivity index (χ1) is 11.1. The topological polar surface area (TPSA) is 101 Å². The van der Waals surface area contributed by atoms with Crippen molar-refractivity contribution in [1.82, 2.24) is 9.97 Å². The maximum absolute atomic E-state index is 12.3. The molecule has 1 aliphatic heterocycles. The molecule has 1 atom stereocenters. The van der Waals surface area contributed by atoms with E-state index in [1.807, 2.05) is 10.3 Å². The summed E-state index contributed by atoms with van der Waals surface area (Å²) in [4.78, 5) is 32.7. The van der Waals surface area contributed by atoms with Crippen LogP contribution in [0, 0.1) is 16.0 Å². The minimum atomic E-state index is -0.475. The lowest BCUT2D eigenvalue weighted by molar-refractivity contribution is -0.385. The largest absolute Gasteiger partial charge is 0.356 e. The van der Waals surface area contributed by atoms with Crippen molar-refractivity contribution in [1.29, 1.82) is 0 Å². The Balaban J connectivity index is 1.65. The van der Waals surface area contributed by atoms with Crippen LogP contribution in [0.2, 0.25) is 0 Å². The predicted octanol–water partition coefficient (Wildman–Crippen LogP) is 2.30. The van der Waals surface area contributed by atoms with Gasteiger partial charge in [0.25, 0.3) is 5.69 Å². The van der Waals surface area contributed by atoms with Gasteiger partial charge in [0.2, 0.25) is 5.91 Å². The Morgan fingerprint density at radius 3 is 2.96 bits per heavy atom. The first-order valence-corrected chi connectivity index (χ1v) is 8.07. The number of hydrogen-bond donors (Lipinski definition) is 1. The number of pyridine rings is 1. The van der Waals surface area contributed by atoms with Gasteiger partial charge in [-0.2, -0.15) is 0 Å². The molecule has 1 N–H and O–H groups in total. The Labute approximate surface area is 136 Å². The summed E-state index contributed by atoms with van der Waals surface area (Å²) in [5.74, 6) is 0.457. The molecule has 2 aromatic rings. The van der Waals surface area contributed by atoms with Crippen LogP contribution in [0.3, 0.4) is 0 Å². The Morgan fingerprint density at radius 2 is 2.30 bits per heavy atom. The van der Waals surface area contributed by atoms with Crippen LogP contribution in [0.1, 0.15) is 12.8 Å². The van der Waals surface area contributed by atoms with Crippen LogP contribution in [0.5, 0.6) is 0 Å². The molecular formula is C14H15N5O3S. The second-order valence-corrected chi connectivity index (χ2v) is 6.14. The van der Waals surface area contributed by atoms with Crippen molar-refractivity contribution in [3.63, 3.8) is 0 Å². The number of nitro groups is 1. The van der Waals surface area contributed by atoms with Crippen LogP contribution in [0.25, 0.3) is 0 Å². The van der Waals surface area contributed by atoms with Crippen LogP contribution in [0.4, 0.5) is 16.6 Å². The van der Waals surface area contributed by atoms with Gasteiger partial charge in [0.15, 0.2) is 5.13 Å². The van der Waals surface area contributed by atoms with Crippen molar-refractivity contribution >= 4 is 33.9 Å². The maximum Gasteiger partial charge on any atom is 0.287 e. The number of rotatable bonds is 4. The lowest BCUT2D eigenvalue weighted by Crippen LogP contribution is -2.41. The minimum Gasteiger partial charge on any atom is -0.356 e. The van der Waals surface area contributed by atoms with Crippen LogP contribution in [-0.4, -0.2) is 33.9 Å². The summed E-state index contributed by atoms with van der Waals surface area (Å²) in [6, 6.07) is 3.06. The van der Waals surface area contributed by atoms with Gasteiger partial charge < -0.3 is 10.2 Å². The number of hydrogen-bond acceptors (Lipinski definition) is 7. The number of nitrogens with zero attached hydrogens (tertiary/aromatic N) is 4. The fourth-order valence-corrected chi connectivity index (χ4v) is 3.10. The van der Waals surface area contributed by atoms with E-state index in [0.717, 1.165) is 19.4 Å². The Bertz CT molecular complexity index is 689. The molecule has 0 aliphatic carbocycles. The maximum atomic E-state index is 12.3. The third-order valence-corrected chi connectivity index (χ3v) is 4.41. The van der Waals surface area contributed by atoms with Gasteiger partial charge in [-0.05, 0) is 18.9 Å². The van der Waals surface area contributed by atoms with Gasteiger partial charge in [0, 0.05) is 30.7 Å². The van der Waals surface area contributed by atoms with Gasteiger partial charge in [-0.25, -0.2) is 9.97 Å². The van der Waals surface area contributed by atoms with Crippen LogP contribution in [0.15, 0.2) is 29.9 Å². The molecule has 0 saturated carbocycles. The van der Waals surface area contributed by atoms with E-state index in [4.69, 9.17) is 0 Å². The molecule has 0 spiro atoms. The van der Waals surface area contributed by atoms with Crippen LogP contribution >= 0.6 is 11.3 Å². The fourth-order valence-electron chi connectivity index (χ4n) is 2.57. The third kappa shape index (κ3) is 3.62. The summed E-state index contributed by atoms with van der Waals surface area (Å²) in [6.45, 7) is 1.33. The van der Waals surface area contributed by atoms with Crippen molar-refractivity contribution < 1.29 is 9.72 Å². The highest BCUT2D eigenvalue weighted by molar-refractivity contribution is 7.13. The summed E-state index contributed by atoms with van der Waals surface area (Å²) in [6.07, 6.45) is 4.57. The Morgan fingerprint density at radius 1 is 1.43 bits per heavy atom. The van der Waals surface area contributed by atoms with Crippen molar-refractivity contribution in [3.05, 3.63) is 40.0 Å². The highest BCUT2D eigenvalue weighted by Crippen LogP contribution is 2.24. The quantitative estimate of drug-likeness (QED) is 0.680. The number of amides is 1. The molecule has 9 heteroatoms. The molecule has 0 bridgehead atoms. The second-order valence-electron chi connectivity index (χ2n) is 5.24. The Kier molecular flexibility index (Phi) is 4.47. The van der Waals surface area contributed by atoms with Gasteiger partial charge in [0.05, 0.1) is 10.8 Å². The summed E-state index contributed by atoms with van der Waals surface area (Å²) in [5.41, 5.74) is -0.0381. The van der Waals surface area contributed by atoms with E-state index in [1.54, 1.807) is 12.3 Å². The molecular weight excluding hydrogens is 318 g/mol. The van der Waals surface area contributed by atoms with E-state index in [9.17, 15) is 14.9 Å². The van der Waals surface area contributed by atoms with Gasteiger partial charge >= 0.3 is 0 Å². The molecule has 8 nitrogen and oxygen atoms in total. The zero-order chi connectivity index (χ0) is 16.2. The standard InChI is InChI=1S/C14H15N5O3S/c20-13(17-14-15-5-7-23-14)10-2-1-6-18(9-10)12-4-3-11(8-16-12)19(21)22/h3-5,7-8,10H,1-2,6,9H2,(H,15,17,20). The number of carbonyl (C=O) groups is 1. The van der Waals surface area contributed by atoms with Crippen molar-refractivity contribution in [2.24, 2.45) is 5.92 Å². The lowest BCUT2D eigenvalue weighted by Gasteiger charge is -2.32. The van der Waals surface area contributed by atoms with Crippen molar-refractivity contribution in [2.45, 2.75) is 12.8 Å². The molecule has 1 saturated heterocycles. The number of anilines is 2. The molecule has 0 radical (unpaired) electrons. The number of piperidine rings is 1. The van der Waals surface area contributed by atoms with E-state index < -0.39 is 4.92 Å². The van der Waals surface area contributed by atoms with Crippen LogP contribution in [-0.2, 0) is 4.79 Å². The van der Waals surface area contributed by atoms with E-state index in [2.05, 4.69) is 15.3 Å². The minimum absolute atomic E-state index is 0.0381. The third-order valence-electron chi connectivity index (χ3n) is 3.72. The molecule has 3 rings (SSSR count). The highest BCUT2D eigenvalue weighted by Gasteiger charge is 2.27. The van der Waals surface area contributed by atoms with E-state index in [1.165, 1.54) is 23.6 Å². The number of aromatic nitrogens is 2. The molecule has 1 unspecified atom stereocenters. The molecule has 1 aliphatic rings. The molecule has 1 amide bonds. The first kappa shape index (κ1) is 15.3. The average Bonchev–Trinajstić information content (AvgIpc) is 3.08. The SMILES string of the molecule is O=C(Nc1nccs1)C1CCCN(c2ccc([N+](=O)[O-])cn2)C1. The van der Waals surface area contributed by atoms with Crippen molar-refractivity contribution in [3.8, 4) is 0 Å². The zero-order valence-electron chi connectivity index (χ0n) is 12.2. The smallest absolute Gasteiger partial charge is 0.287 e. The molecule has 0 aromatic carbocycles. The Hall–Kier alpha value is -2.55. The number of carbonyl (C=O) groups excluding carboxylic acids is 1. The molecule has 120 valence electrons. The molecule has 23 heavy (non-hydrogen) atoms. The first-order valence-electron chi connectivity index (χ1n) is 7.19. The molecule has 3 heterocycles. The van der Waals surface area contributed by atoms with Gasteiger partial charge in [-0.3, -0.25) is 14.9 Å². The monoisotopic (exact) mass is 333 g/mol. The van der Waals surface area contributed by atoms with E-state index in [0.29, 0.717) is 17.5 Å². The van der Waals surface area contributed by atoms with Crippen molar-refractivity contribution in [2.75, 3.05) is 23.3 Å². The normalized spacial score (nSPS) is 17.7. The average molecular weight is 333 g/mol. The second kappa shape index (κ2) is 6.69. The summed E-state index contributed by atoms with van der Waals surface area (Å²) >= 11 is 1.38. The van der Waals surface area contributed by atoms with E-state index >= 15 is 0 Å². The van der Waals surface area contributed by atoms with Gasteiger partial charge in [-0.1, -0.05) is 0 Å². The van der Waals surface area contributed by atoms with Gasteiger partial charge in [0.1, 0.15) is 12.0 Å². The van der Waals surface area contributed by atoms with Crippen LogP contribution < -0.4 is 10.2 Å². The number of thiazole rings is 1. The number of nitrogens with one attached hydrogen (secondary N) is 1. The summed E-state index contributed by atoms with van der Waals surface area (Å²) in [5, 5.41) is 15.9.